The average Bonchev–Trinajstić information content (AvgIpc) is 2.82. The summed E-state index contributed by atoms with van der Waals surface area (Å²) in [4.78, 5) is 2.24. The van der Waals surface area contributed by atoms with E-state index in [1.54, 1.807) is 0 Å². The molecule has 0 spiro atoms. The molecule has 3 heteroatoms. The molecule has 2 nitrogen and oxygen atoms in total. The molecular formula is C19H23FN2. The lowest BCUT2D eigenvalue weighted by Crippen LogP contribution is -2.39. The first-order valence-corrected chi connectivity index (χ1v) is 7.87. The van der Waals surface area contributed by atoms with Gasteiger partial charge in [0.1, 0.15) is 5.82 Å². The number of likely N-dealkylation sites (N-methyl/N-ethyl adjacent to an activating group) is 1. The summed E-state index contributed by atoms with van der Waals surface area (Å²) in [5.74, 6) is -0.107. The molecule has 1 fully saturated rings. The van der Waals surface area contributed by atoms with Crippen molar-refractivity contribution in [3.05, 3.63) is 59.4 Å². The number of aryl methyl sites for hydroxylation is 1. The van der Waals surface area contributed by atoms with Crippen LogP contribution < -0.4 is 5.73 Å². The fraction of sp³-hybridized carbons (Fsp3) is 0.368. The fourth-order valence-corrected chi connectivity index (χ4v) is 3.39. The van der Waals surface area contributed by atoms with Crippen LogP contribution in [0, 0.1) is 12.7 Å². The quantitative estimate of drug-likeness (QED) is 0.941. The number of nitrogens with zero attached hydrogens (tertiary/aromatic N) is 1. The molecule has 0 saturated carbocycles. The molecule has 1 saturated heterocycles. The van der Waals surface area contributed by atoms with E-state index >= 15 is 0 Å². The van der Waals surface area contributed by atoms with Gasteiger partial charge in [0.15, 0.2) is 0 Å². The van der Waals surface area contributed by atoms with Crippen LogP contribution >= 0.6 is 0 Å². The molecule has 0 amide bonds. The van der Waals surface area contributed by atoms with E-state index in [9.17, 15) is 4.39 Å². The SMILES string of the molecule is Cc1ccccc1-c1cccc(CC2C(N)CCN2C)c1F. The Morgan fingerprint density at radius 2 is 1.86 bits per heavy atom. The van der Waals surface area contributed by atoms with Gasteiger partial charge in [0, 0.05) is 17.6 Å². The van der Waals surface area contributed by atoms with Gasteiger partial charge in [-0.05, 0) is 50.0 Å². The van der Waals surface area contributed by atoms with Crippen molar-refractivity contribution in [1.29, 1.82) is 0 Å². The summed E-state index contributed by atoms with van der Waals surface area (Å²) in [7, 11) is 2.07. The maximum absolute atomic E-state index is 15.0. The minimum Gasteiger partial charge on any atom is -0.326 e. The van der Waals surface area contributed by atoms with E-state index in [2.05, 4.69) is 11.9 Å². The van der Waals surface area contributed by atoms with Gasteiger partial charge < -0.3 is 10.6 Å². The van der Waals surface area contributed by atoms with E-state index in [0.29, 0.717) is 12.0 Å². The number of hydrogen-bond donors (Lipinski definition) is 1. The summed E-state index contributed by atoms with van der Waals surface area (Å²) < 4.78 is 15.0. The van der Waals surface area contributed by atoms with Crippen molar-refractivity contribution in [1.82, 2.24) is 4.90 Å². The third kappa shape index (κ3) is 2.79. The number of hydrogen-bond acceptors (Lipinski definition) is 2. The van der Waals surface area contributed by atoms with Crippen LogP contribution in [-0.2, 0) is 6.42 Å². The van der Waals surface area contributed by atoms with Crippen LogP contribution in [0.5, 0.6) is 0 Å². The predicted octanol–water partition coefficient (Wildman–Crippen LogP) is 3.38. The maximum Gasteiger partial charge on any atom is 0.134 e. The monoisotopic (exact) mass is 298 g/mol. The van der Waals surface area contributed by atoms with Crippen LogP contribution in [0.15, 0.2) is 42.5 Å². The number of likely N-dealkylation sites (tertiary alicyclic amines) is 1. The molecule has 2 aromatic carbocycles. The van der Waals surface area contributed by atoms with Crippen LogP contribution in [0.2, 0.25) is 0 Å². The van der Waals surface area contributed by atoms with E-state index < -0.39 is 0 Å². The van der Waals surface area contributed by atoms with Gasteiger partial charge in [-0.25, -0.2) is 4.39 Å². The first-order chi connectivity index (χ1) is 10.6. The first kappa shape index (κ1) is 15.2. The number of rotatable bonds is 3. The molecule has 1 heterocycles. The molecule has 116 valence electrons. The van der Waals surface area contributed by atoms with Crippen LogP contribution in [0.3, 0.4) is 0 Å². The highest BCUT2D eigenvalue weighted by Crippen LogP contribution is 2.29. The minimum absolute atomic E-state index is 0.107. The Balaban J connectivity index is 1.94. The Morgan fingerprint density at radius 1 is 1.14 bits per heavy atom. The number of nitrogens with two attached hydrogens (primary N) is 1. The molecule has 2 atom stereocenters. The summed E-state index contributed by atoms with van der Waals surface area (Å²) in [6, 6.07) is 14.0. The fourth-order valence-electron chi connectivity index (χ4n) is 3.39. The van der Waals surface area contributed by atoms with Crippen molar-refractivity contribution in [2.24, 2.45) is 5.73 Å². The van der Waals surface area contributed by atoms with Crippen LogP contribution in [0.1, 0.15) is 17.5 Å². The van der Waals surface area contributed by atoms with Gasteiger partial charge in [0.05, 0.1) is 0 Å². The summed E-state index contributed by atoms with van der Waals surface area (Å²) in [6.07, 6.45) is 1.66. The summed E-state index contributed by atoms with van der Waals surface area (Å²) in [5.41, 5.74) is 9.68. The highest BCUT2D eigenvalue weighted by atomic mass is 19.1. The van der Waals surface area contributed by atoms with Crippen LogP contribution in [-0.4, -0.2) is 30.6 Å². The van der Waals surface area contributed by atoms with Gasteiger partial charge in [-0.15, -0.1) is 0 Å². The molecule has 3 rings (SSSR count). The van der Waals surface area contributed by atoms with E-state index in [-0.39, 0.29) is 17.9 Å². The summed E-state index contributed by atoms with van der Waals surface area (Å²) in [5, 5.41) is 0. The lowest BCUT2D eigenvalue weighted by atomic mass is 9.94. The minimum atomic E-state index is -0.107. The van der Waals surface area contributed by atoms with Gasteiger partial charge in [0.25, 0.3) is 0 Å². The molecule has 1 aliphatic rings. The molecule has 0 bridgehead atoms. The third-order valence-corrected chi connectivity index (χ3v) is 4.82. The molecule has 2 unspecified atom stereocenters. The average molecular weight is 298 g/mol. The van der Waals surface area contributed by atoms with Gasteiger partial charge in [0.2, 0.25) is 0 Å². The lowest BCUT2D eigenvalue weighted by molar-refractivity contribution is 0.294. The zero-order valence-corrected chi connectivity index (χ0v) is 13.2. The lowest BCUT2D eigenvalue weighted by Gasteiger charge is -2.23. The molecule has 0 radical (unpaired) electrons. The number of halogens is 1. The molecule has 1 aliphatic heterocycles. The molecule has 2 N–H and O–H groups in total. The maximum atomic E-state index is 15.0. The largest absolute Gasteiger partial charge is 0.326 e. The molecular weight excluding hydrogens is 275 g/mol. The van der Waals surface area contributed by atoms with Crippen molar-refractivity contribution in [3.63, 3.8) is 0 Å². The highest BCUT2D eigenvalue weighted by Gasteiger charge is 2.29. The zero-order valence-electron chi connectivity index (χ0n) is 13.2. The van der Waals surface area contributed by atoms with Crippen molar-refractivity contribution < 1.29 is 4.39 Å². The van der Waals surface area contributed by atoms with Gasteiger partial charge in [-0.3, -0.25) is 0 Å². The van der Waals surface area contributed by atoms with E-state index in [4.69, 9.17) is 5.73 Å². The van der Waals surface area contributed by atoms with Gasteiger partial charge >= 0.3 is 0 Å². The first-order valence-electron chi connectivity index (χ1n) is 7.87. The van der Waals surface area contributed by atoms with Crippen molar-refractivity contribution >= 4 is 0 Å². The van der Waals surface area contributed by atoms with Crippen molar-refractivity contribution in [2.45, 2.75) is 31.8 Å². The Hall–Kier alpha value is -1.71. The second-order valence-corrected chi connectivity index (χ2v) is 6.30. The second-order valence-electron chi connectivity index (χ2n) is 6.30. The van der Waals surface area contributed by atoms with Gasteiger partial charge in [-0.1, -0.05) is 42.5 Å². The Kier molecular flexibility index (Phi) is 4.27. The van der Waals surface area contributed by atoms with Crippen LogP contribution in [0.25, 0.3) is 11.1 Å². The molecule has 0 aromatic heterocycles. The second kappa shape index (κ2) is 6.19. The van der Waals surface area contributed by atoms with Gasteiger partial charge in [-0.2, -0.15) is 0 Å². The molecule has 2 aromatic rings. The summed E-state index contributed by atoms with van der Waals surface area (Å²) >= 11 is 0. The topological polar surface area (TPSA) is 29.3 Å². The highest BCUT2D eigenvalue weighted by molar-refractivity contribution is 5.68. The normalized spacial score (nSPS) is 22.2. The predicted molar refractivity (Wildman–Crippen MR) is 89.3 cm³/mol. The zero-order chi connectivity index (χ0) is 15.7. The van der Waals surface area contributed by atoms with E-state index in [0.717, 1.165) is 29.7 Å². The number of benzene rings is 2. The smallest absolute Gasteiger partial charge is 0.134 e. The Morgan fingerprint density at radius 3 is 2.55 bits per heavy atom. The van der Waals surface area contributed by atoms with E-state index in [1.807, 2.05) is 49.4 Å². The van der Waals surface area contributed by atoms with E-state index in [1.165, 1.54) is 0 Å². The Bertz CT molecular complexity index is 658. The third-order valence-electron chi connectivity index (χ3n) is 4.82. The van der Waals surface area contributed by atoms with Crippen molar-refractivity contribution in [2.75, 3.05) is 13.6 Å². The van der Waals surface area contributed by atoms with Crippen molar-refractivity contribution in [3.8, 4) is 11.1 Å². The summed E-state index contributed by atoms with van der Waals surface area (Å²) in [6.45, 7) is 3.01. The Labute approximate surface area is 131 Å². The molecule has 22 heavy (non-hydrogen) atoms. The van der Waals surface area contributed by atoms with Crippen LogP contribution in [0.4, 0.5) is 4.39 Å². The standard InChI is InChI=1S/C19H23FN2/c1-13-6-3-4-8-15(13)16-9-5-7-14(19(16)20)12-18-17(21)10-11-22(18)2/h3-9,17-18H,10-12,21H2,1-2H3. The molecule has 0 aliphatic carbocycles.